The number of fused-ring (bicyclic) bond motifs is 4. The number of hydrogen-bond acceptors (Lipinski definition) is 6. The molecule has 1 unspecified atom stereocenters. The van der Waals surface area contributed by atoms with E-state index in [2.05, 4.69) is 15.5 Å². The molecular formula is C31H36ClN7O5. The lowest BCUT2D eigenvalue weighted by molar-refractivity contribution is -0.142. The SMILES string of the molecule is CC(C)(C)CN1Cc2c(cc(Cl)c3n[nH]c(C(N)=O)c23)CC(OC(=O)N2CCC(N3Cc4ccccc4NC3=O)CC2)C1=O. The van der Waals surface area contributed by atoms with Crippen molar-refractivity contribution in [3.05, 3.63) is 57.7 Å². The van der Waals surface area contributed by atoms with Crippen LogP contribution in [0.25, 0.3) is 10.9 Å². The number of likely N-dealkylation sites (tertiary alicyclic amines) is 1. The molecule has 3 aliphatic rings. The van der Waals surface area contributed by atoms with Gasteiger partial charge in [0, 0.05) is 56.3 Å². The van der Waals surface area contributed by atoms with Crippen molar-refractivity contribution in [2.24, 2.45) is 11.1 Å². The Balaban J connectivity index is 1.20. The van der Waals surface area contributed by atoms with Gasteiger partial charge in [-0.05, 0) is 47.1 Å². The smallest absolute Gasteiger partial charge is 0.410 e. The third-order valence-corrected chi connectivity index (χ3v) is 8.79. The number of piperidine rings is 1. The molecule has 1 atom stereocenters. The first-order chi connectivity index (χ1) is 20.9. The second-order valence-corrected chi connectivity index (χ2v) is 13.4. The van der Waals surface area contributed by atoms with Crippen LogP contribution in [0.4, 0.5) is 15.3 Å². The van der Waals surface area contributed by atoms with Crippen LogP contribution in [0, 0.1) is 5.41 Å². The molecule has 13 heteroatoms. The van der Waals surface area contributed by atoms with E-state index >= 15 is 0 Å². The van der Waals surface area contributed by atoms with Gasteiger partial charge in [0.05, 0.1) is 5.02 Å². The van der Waals surface area contributed by atoms with Crippen LogP contribution < -0.4 is 11.1 Å². The van der Waals surface area contributed by atoms with E-state index in [1.165, 1.54) is 0 Å². The summed E-state index contributed by atoms with van der Waals surface area (Å²) in [5.41, 5.74) is 9.15. The summed E-state index contributed by atoms with van der Waals surface area (Å²) in [4.78, 5) is 57.5. The summed E-state index contributed by atoms with van der Waals surface area (Å²) in [5, 5.41) is 10.6. The van der Waals surface area contributed by atoms with E-state index in [0.29, 0.717) is 66.1 Å². The Morgan fingerprint density at radius 3 is 2.55 bits per heavy atom. The van der Waals surface area contributed by atoms with Gasteiger partial charge in [0.1, 0.15) is 11.2 Å². The summed E-state index contributed by atoms with van der Waals surface area (Å²) in [5.74, 6) is -1.01. The van der Waals surface area contributed by atoms with Crippen molar-refractivity contribution in [3.8, 4) is 0 Å². The number of carbonyl (C=O) groups is 4. The molecule has 232 valence electrons. The van der Waals surface area contributed by atoms with Crippen molar-refractivity contribution >= 4 is 52.1 Å². The Kier molecular flexibility index (Phi) is 7.64. The number of anilines is 1. The molecule has 5 amide bonds. The van der Waals surface area contributed by atoms with Crippen LogP contribution in [0.2, 0.25) is 5.02 Å². The number of carbonyl (C=O) groups excluding carboxylic acids is 4. The van der Waals surface area contributed by atoms with Gasteiger partial charge in [0.15, 0.2) is 6.10 Å². The van der Waals surface area contributed by atoms with Gasteiger partial charge in [-0.2, -0.15) is 5.10 Å². The molecule has 12 nitrogen and oxygen atoms in total. The minimum absolute atomic E-state index is 0.0277. The van der Waals surface area contributed by atoms with Gasteiger partial charge >= 0.3 is 12.1 Å². The van der Waals surface area contributed by atoms with Crippen LogP contribution >= 0.6 is 11.6 Å². The lowest BCUT2D eigenvalue weighted by Crippen LogP contribution is -2.52. The van der Waals surface area contributed by atoms with Gasteiger partial charge < -0.3 is 30.5 Å². The zero-order chi connectivity index (χ0) is 31.3. The largest absolute Gasteiger partial charge is 0.436 e. The van der Waals surface area contributed by atoms with E-state index in [-0.39, 0.29) is 42.1 Å². The Bertz CT molecular complexity index is 1660. The van der Waals surface area contributed by atoms with Gasteiger partial charge in [-0.15, -0.1) is 0 Å². The van der Waals surface area contributed by atoms with E-state index in [1.807, 2.05) is 49.9 Å². The summed E-state index contributed by atoms with van der Waals surface area (Å²) in [6.07, 6.45) is -0.407. The molecule has 1 saturated heterocycles. The van der Waals surface area contributed by atoms with E-state index < -0.39 is 18.1 Å². The monoisotopic (exact) mass is 621 g/mol. The van der Waals surface area contributed by atoms with Crippen molar-refractivity contribution in [1.82, 2.24) is 24.9 Å². The number of amides is 5. The summed E-state index contributed by atoms with van der Waals surface area (Å²) < 4.78 is 5.93. The molecule has 1 aromatic heterocycles. The zero-order valence-electron chi connectivity index (χ0n) is 25.0. The first-order valence-electron chi connectivity index (χ1n) is 14.8. The van der Waals surface area contributed by atoms with Crippen LogP contribution in [-0.2, 0) is 29.0 Å². The van der Waals surface area contributed by atoms with Crippen LogP contribution in [0.5, 0.6) is 0 Å². The zero-order valence-corrected chi connectivity index (χ0v) is 25.7. The Hall–Kier alpha value is -4.32. The molecular weight excluding hydrogens is 586 g/mol. The van der Waals surface area contributed by atoms with Crippen molar-refractivity contribution in [1.29, 1.82) is 0 Å². The molecule has 0 spiro atoms. The normalized spacial score (nSPS) is 19.4. The third-order valence-electron chi connectivity index (χ3n) is 8.50. The molecule has 0 aliphatic carbocycles. The van der Waals surface area contributed by atoms with Gasteiger partial charge in [-0.3, -0.25) is 14.7 Å². The van der Waals surface area contributed by atoms with Crippen molar-refractivity contribution in [2.75, 3.05) is 25.0 Å². The summed E-state index contributed by atoms with van der Waals surface area (Å²) in [6.45, 7) is 7.91. The maximum Gasteiger partial charge on any atom is 0.410 e. The average molecular weight is 622 g/mol. The lowest BCUT2D eigenvalue weighted by atomic mass is 9.95. The fraction of sp³-hybridized carbons (Fsp3) is 0.452. The van der Waals surface area contributed by atoms with E-state index in [1.54, 1.807) is 15.9 Å². The molecule has 0 bridgehead atoms. The van der Waals surface area contributed by atoms with Crippen molar-refractivity contribution in [3.63, 3.8) is 0 Å². The second kappa shape index (κ2) is 11.3. The van der Waals surface area contributed by atoms with Gasteiger partial charge in [-0.1, -0.05) is 50.6 Å². The molecule has 0 saturated carbocycles. The number of nitrogens with two attached hydrogens (primary N) is 1. The fourth-order valence-corrected chi connectivity index (χ4v) is 6.72. The Labute approximate surface area is 259 Å². The molecule has 4 N–H and O–H groups in total. The maximum atomic E-state index is 13.9. The number of rotatable bonds is 4. The number of nitrogens with zero attached hydrogens (tertiary/aromatic N) is 4. The molecule has 6 rings (SSSR count). The van der Waals surface area contributed by atoms with Crippen LogP contribution in [0.1, 0.15) is 60.8 Å². The predicted octanol–water partition coefficient (Wildman–Crippen LogP) is 4.26. The summed E-state index contributed by atoms with van der Waals surface area (Å²) in [7, 11) is 0. The van der Waals surface area contributed by atoms with Gasteiger partial charge in [0.25, 0.3) is 11.8 Å². The number of H-pyrrole nitrogens is 1. The highest BCUT2D eigenvalue weighted by molar-refractivity contribution is 6.35. The minimum Gasteiger partial charge on any atom is -0.436 e. The average Bonchev–Trinajstić information content (AvgIpc) is 3.39. The van der Waals surface area contributed by atoms with E-state index in [9.17, 15) is 19.2 Å². The summed E-state index contributed by atoms with van der Waals surface area (Å²) >= 11 is 6.55. The Morgan fingerprint density at radius 2 is 1.84 bits per heavy atom. The highest BCUT2D eigenvalue weighted by Gasteiger charge is 2.38. The summed E-state index contributed by atoms with van der Waals surface area (Å²) in [6, 6.07) is 9.28. The Morgan fingerprint density at radius 1 is 1.11 bits per heavy atom. The number of ether oxygens (including phenoxy) is 1. The van der Waals surface area contributed by atoms with Gasteiger partial charge in [0.2, 0.25) is 0 Å². The number of benzene rings is 2. The first-order valence-corrected chi connectivity index (χ1v) is 15.2. The second-order valence-electron chi connectivity index (χ2n) is 12.9. The predicted molar refractivity (Wildman–Crippen MR) is 164 cm³/mol. The quantitative estimate of drug-likeness (QED) is 0.395. The number of urea groups is 1. The van der Waals surface area contributed by atoms with Crippen molar-refractivity contribution in [2.45, 2.75) is 65.3 Å². The molecule has 3 aliphatic heterocycles. The number of nitrogens with one attached hydrogen (secondary N) is 2. The lowest BCUT2D eigenvalue weighted by Gasteiger charge is -2.40. The van der Waals surface area contributed by atoms with E-state index in [0.717, 1.165) is 11.3 Å². The topological polar surface area (TPSA) is 154 Å². The number of primary amides is 1. The van der Waals surface area contributed by atoms with Gasteiger partial charge in [-0.25, -0.2) is 9.59 Å². The molecule has 2 aromatic carbocycles. The minimum atomic E-state index is -1.09. The maximum absolute atomic E-state index is 13.9. The van der Waals surface area contributed by atoms with Crippen LogP contribution in [0.15, 0.2) is 30.3 Å². The number of aromatic amines is 1. The molecule has 1 fully saturated rings. The number of hydrogen-bond donors (Lipinski definition) is 3. The highest BCUT2D eigenvalue weighted by atomic mass is 35.5. The van der Waals surface area contributed by atoms with Crippen LogP contribution in [-0.4, -0.2) is 80.6 Å². The van der Waals surface area contributed by atoms with Crippen LogP contribution in [0.3, 0.4) is 0 Å². The number of para-hydroxylation sites is 1. The van der Waals surface area contributed by atoms with Crippen molar-refractivity contribution < 1.29 is 23.9 Å². The molecule has 3 aromatic rings. The fourth-order valence-electron chi connectivity index (χ4n) is 6.45. The number of aromatic nitrogens is 2. The molecule has 4 heterocycles. The van der Waals surface area contributed by atoms with E-state index in [4.69, 9.17) is 22.1 Å². The standard InChI is InChI=1S/C31H36ClN7O5/c1-31(2,3)16-38-15-20-18(12-21(32)25-24(20)26(27(33)40)36-35-25)13-23(28(38)41)44-30(43)37-10-8-19(9-11-37)39-14-17-6-4-5-7-22(17)34-29(39)42/h4-7,12,19,23H,8-11,13-16H2,1-3H3,(H2,33,40)(H,34,42)(H,35,36). The molecule has 0 radical (unpaired) electrons. The first kappa shape index (κ1) is 29.7. The molecule has 44 heavy (non-hydrogen) atoms. The highest BCUT2D eigenvalue weighted by Crippen LogP contribution is 2.36. The third kappa shape index (κ3) is 5.66. The number of halogens is 1.